The van der Waals surface area contributed by atoms with Gasteiger partial charge in [-0.3, -0.25) is 4.79 Å². The Bertz CT molecular complexity index is 865. The summed E-state index contributed by atoms with van der Waals surface area (Å²) in [6.07, 6.45) is 0. The maximum atomic E-state index is 13.3. The van der Waals surface area contributed by atoms with E-state index in [1.807, 2.05) is 6.07 Å². The molecule has 2 atom stereocenters. The minimum absolute atomic E-state index is 0.294. The predicted octanol–water partition coefficient (Wildman–Crippen LogP) is 4.14. The molecule has 0 aliphatic heterocycles. The Labute approximate surface area is 150 Å². The Morgan fingerprint density at radius 1 is 0.769 bits per heavy atom. The Hall–Kier alpha value is -3.05. The van der Waals surface area contributed by atoms with E-state index in [1.54, 1.807) is 48.5 Å². The van der Waals surface area contributed by atoms with Gasteiger partial charge in [0.1, 0.15) is 11.6 Å². The molecule has 3 aromatic rings. The van der Waals surface area contributed by atoms with Crippen molar-refractivity contribution in [2.45, 2.75) is 12.1 Å². The van der Waals surface area contributed by atoms with Crippen LogP contribution >= 0.6 is 0 Å². The SMILES string of the molecule is N[C@H](c1ccc(F)cc1)[C@@H](NC(=O)c1ccccc1)c1ccc(F)cc1. The van der Waals surface area contributed by atoms with Crippen LogP contribution in [-0.2, 0) is 0 Å². The summed E-state index contributed by atoms with van der Waals surface area (Å²) in [6, 6.07) is 19.1. The molecule has 0 aliphatic rings. The summed E-state index contributed by atoms with van der Waals surface area (Å²) < 4.78 is 26.5. The van der Waals surface area contributed by atoms with Gasteiger partial charge >= 0.3 is 0 Å². The molecule has 1 amide bonds. The van der Waals surface area contributed by atoms with Gasteiger partial charge in [0.2, 0.25) is 0 Å². The molecule has 132 valence electrons. The first-order chi connectivity index (χ1) is 12.5. The van der Waals surface area contributed by atoms with Crippen LogP contribution in [0.15, 0.2) is 78.9 Å². The first kappa shape index (κ1) is 17.8. The van der Waals surface area contributed by atoms with Crippen LogP contribution in [-0.4, -0.2) is 5.91 Å². The maximum Gasteiger partial charge on any atom is 0.251 e. The van der Waals surface area contributed by atoms with Crippen molar-refractivity contribution in [3.63, 3.8) is 0 Å². The summed E-state index contributed by atoms with van der Waals surface area (Å²) in [5.74, 6) is -1.04. The van der Waals surface area contributed by atoms with E-state index < -0.39 is 12.1 Å². The fraction of sp³-hybridized carbons (Fsp3) is 0.0952. The van der Waals surface area contributed by atoms with E-state index in [-0.39, 0.29) is 17.5 Å². The Morgan fingerprint density at radius 3 is 1.81 bits per heavy atom. The molecular weight excluding hydrogens is 334 g/mol. The average Bonchev–Trinajstić information content (AvgIpc) is 2.67. The molecule has 0 fully saturated rings. The fourth-order valence-corrected chi connectivity index (χ4v) is 2.74. The molecule has 0 unspecified atom stereocenters. The molecule has 0 saturated heterocycles. The number of hydrogen-bond acceptors (Lipinski definition) is 2. The molecule has 0 bridgehead atoms. The van der Waals surface area contributed by atoms with E-state index in [4.69, 9.17) is 5.73 Å². The third kappa shape index (κ3) is 4.13. The molecule has 0 spiro atoms. The van der Waals surface area contributed by atoms with Crippen LogP contribution in [0.4, 0.5) is 8.78 Å². The molecule has 0 saturated carbocycles. The summed E-state index contributed by atoms with van der Waals surface area (Å²) in [4.78, 5) is 12.6. The van der Waals surface area contributed by atoms with Crippen molar-refractivity contribution in [3.05, 3.63) is 107 Å². The zero-order valence-electron chi connectivity index (χ0n) is 13.9. The number of carbonyl (C=O) groups excluding carboxylic acids is 1. The normalized spacial score (nSPS) is 13.0. The lowest BCUT2D eigenvalue weighted by atomic mass is 9.93. The first-order valence-corrected chi connectivity index (χ1v) is 8.17. The monoisotopic (exact) mass is 352 g/mol. The zero-order valence-corrected chi connectivity index (χ0v) is 13.9. The molecule has 0 radical (unpaired) electrons. The molecule has 3 N–H and O–H groups in total. The Kier molecular flexibility index (Phi) is 5.39. The minimum Gasteiger partial charge on any atom is -0.343 e. The number of carbonyl (C=O) groups is 1. The van der Waals surface area contributed by atoms with Crippen molar-refractivity contribution in [2.24, 2.45) is 5.73 Å². The van der Waals surface area contributed by atoms with Gasteiger partial charge in [0, 0.05) is 5.56 Å². The van der Waals surface area contributed by atoms with Gasteiger partial charge in [0.25, 0.3) is 5.91 Å². The number of hydrogen-bond donors (Lipinski definition) is 2. The summed E-state index contributed by atoms with van der Waals surface area (Å²) in [7, 11) is 0. The molecule has 3 nitrogen and oxygen atoms in total. The number of amides is 1. The second-order valence-corrected chi connectivity index (χ2v) is 5.95. The van der Waals surface area contributed by atoms with Gasteiger partial charge in [-0.15, -0.1) is 0 Å². The van der Waals surface area contributed by atoms with Gasteiger partial charge < -0.3 is 11.1 Å². The van der Waals surface area contributed by atoms with Crippen molar-refractivity contribution in [1.29, 1.82) is 0 Å². The summed E-state index contributed by atoms with van der Waals surface area (Å²) >= 11 is 0. The molecule has 5 heteroatoms. The van der Waals surface area contributed by atoms with E-state index in [2.05, 4.69) is 5.32 Å². The highest BCUT2D eigenvalue weighted by molar-refractivity contribution is 5.94. The van der Waals surface area contributed by atoms with Crippen LogP contribution in [0.2, 0.25) is 0 Å². The lowest BCUT2D eigenvalue weighted by Gasteiger charge is -2.26. The second kappa shape index (κ2) is 7.89. The second-order valence-electron chi connectivity index (χ2n) is 5.95. The van der Waals surface area contributed by atoms with E-state index in [0.717, 1.165) is 0 Å². The highest BCUT2D eigenvalue weighted by Gasteiger charge is 2.24. The predicted molar refractivity (Wildman–Crippen MR) is 96.4 cm³/mol. The number of halogens is 2. The van der Waals surface area contributed by atoms with Crippen molar-refractivity contribution >= 4 is 5.91 Å². The van der Waals surface area contributed by atoms with Crippen LogP contribution in [0, 0.1) is 11.6 Å². The molecule has 3 aromatic carbocycles. The van der Waals surface area contributed by atoms with Crippen LogP contribution in [0.5, 0.6) is 0 Å². The zero-order chi connectivity index (χ0) is 18.5. The maximum absolute atomic E-state index is 13.3. The van der Waals surface area contributed by atoms with Crippen molar-refractivity contribution in [3.8, 4) is 0 Å². The Balaban J connectivity index is 1.92. The van der Waals surface area contributed by atoms with Crippen molar-refractivity contribution in [2.75, 3.05) is 0 Å². The third-order valence-electron chi connectivity index (χ3n) is 4.17. The molecular formula is C21H18F2N2O. The van der Waals surface area contributed by atoms with Gasteiger partial charge in [0.05, 0.1) is 12.1 Å². The fourth-order valence-electron chi connectivity index (χ4n) is 2.74. The van der Waals surface area contributed by atoms with Gasteiger partial charge in [-0.2, -0.15) is 0 Å². The lowest BCUT2D eigenvalue weighted by molar-refractivity contribution is 0.0930. The molecule has 3 rings (SSSR count). The average molecular weight is 352 g/mol. The number of rotatable bonds is 5. The largest absolute Gasteiger partial charge is 0.343 e. The number of benzene rings is 3. The van der Waals surface area contributed by atoms with Gasteiger partial charge in [0.15, 0.2) is 0 Å². The summed E-state index contributed by atoms with van der Waals surface area (Å²) in [5, 5.41) is 2.90. The third-order valence-corrected chi connectivity index (χ3v) is 4.17. The molecule has 0 aromatic heterocycles. The topological polar surface area (TPSA) is 55.1 Å². The van der Waals surface area contributed by atoms with E-state index >= 15 is 0 Å². The van der Waals surface area contributed by atoms with Crippen LogP contribution in [0.1, 0.15) is 33.6 Å². The van der Waals surface area contributed by atoms with Crippen LogP contribution in [0.25, 0.3) is 0 Å². The Morgan fingerprint density at radius 2 is 1.27 bits per heavy atom. The van der Waals surface area contributed by atoms with Crippen LogP contribution < -0.4 is 11.1 Å². The first-order valence-electron chi connectivity index (χ1n) is 8.17. The highest BCUT2D eigenvalue weighted by Crippen LogP contribution is 2.27. The standard InChI is InChI=1S/C21H18F2N2O/c22-17-10-6-14(7-11-17)19(24)20(15-8-12-18(23)13-9-15)25-21(26)16-4-2-1-3-5-16/h1-13,19-20H,24H2,(H,25,26)/t19-,20+/m1/s1. The number of nitrogens with two attached hydrogens (primary N) is 1. The van der Waals surface area contributed by atoms with Crippen LogP contribution in [0.3, 0.4) is 0 Å². The quantitative estimate of drug-likeness (QED) is 0.725. The van der Waals surface area contributed by atoms with E-state index in [9.17, 15) is 13.6 Å². The highest BCUT2D eigenvalue weighted by atomic mass is 19.1. The minimum atomic E-state index is -0.631. The van der Waals surface area contributed by atoms with Crippen molar-refractivity contribution in [1.82, 2.24) is 5.32 Å². The van der Waals surface area contributed by atoms with Gasteiger partial charge in [-0.25, -0.2) is 8.78 Å². The summed E-state index contributed by atoms with van der Waals surface area (Å²) in [6.45, 7) is 0. The number of nitrogens with one attached hydrogen (secondary N) is 1. The molecule has 0 aliphatic carbocycles. The molecule has 0 heterocycles. The smallest absolute Gasteiger partial charge is 0.251 e. The lowest BCUT2D eigenvalue weighted by Crippen LogP contribution is -2.36. The van der Waals surface area contributed by atoms with Gasteiger partial charge in [-0.1, -0.05) is 42.5 Å². The van der Waals surface area contributed by atoms with E-state index in [0.29, 0.717) is 16.7 Å². The summed E-state index contributed by atoms with van der Waals surface area (Å²) in [5.41, 5.74) is 8.17. The molecule has 26 heavy (non-hydrogen) atoms. The van der Waals surface area contributed by atoms with Crippen molar-refractivity contribution < 1.29 is 13.6 Å². The van der Waals surface area contributed by atoms with E-state index in [1.165, 1.54) is 24.3 Å². The van der Waals surface area contributed by atoms with Gasteiger partial charge in [-0.05, 0) is 47.5 Å².